The highest BCUT2D eigenvalue weighted by Crippen LogP contribution is 2.10. The Hall–Kier alpha value is -0.200. The lowest BCUT2D eigenvalue weighted by Crippen LogP contribution is -2.51. The Morgan fingerprint density at radius 3 is 1.53 bits per heavy atom. The van der Waals surface area contributed by atoms with Gasteiger partial charge in [-0.3, -0.25) is 0 Å². The van der Waals surface area contributed by atoms with Crippen LogP contribution in [0.5, 0.6) is 0 Å². The van der Waals surface area contributed by atoms with Gasteiger partial charge < -0.3 is 10.2 Å². The van der Waals surface area contributed by atoms with Crippen LogP contribution < -0.4 is 0 Å². The Labute approximate surface area is 91.7 Å². The van der Waals surface area contributed by atoms with Crippen molar-refractivity contribution >= 4 is 0 Å². The Kier molecular flexibility index (Phi) is 8.94. The molecule has 0 saturated heterocycles. The van der Waals surface area contributed by atoms with E-state index in [1.165, 1.54) is 0 Å². The standard InChI is InChI=1S/C10H24NO4/c1-3-9-14-11(5-7-12,6-8-13)15-10-4-2/h12-13H,3-10H2,1-2H3/q+1. The summed E-state index contributed by atoms with van der Waals surface area (Å²) in [6.07, 6.45) is 1.76. The van der Waals surface area contributed by atoms with Gasteiger partial charge in [-0.05, 0) is 17.7 Å². The summed E-state index contributed by atoms with van der Waals surface area (Å²) >= 11 is 0. The molecule has 0 atom stereocenters. The van der Waals surface area contributed by atoms with Crippen LogP contribution in [-0.4, -0.2) is 54.5 Å². The molecule has 0 aromatic rings. The molecule has 0 aromatic heterocycles. The normalized spacial score (nSPS) is 12.0. The molecule has 0 unspecified atom stereocenters. The number of nitrogens with zero attached hydrogens (tertiary/aromatic N) is 1. The van der Waals surface area contributed by atoms with Crippen LogP contribution in [0.25, 0.3) is 0 Å². The molecule has 0 amide bonds. The molecule has 0 aromatic carbocycles. The van der Waals surface area contributed by atoms with Gasteiger partial charge >= 0.3 is 0 Å². The predicted molar refractivity (Wildman–Crippen MR) is 56.7 cm³/mol. The molecule has 0 aliphatic heterocycles. The van der Waals surface area contributed by atoms with Gasteiger partial charge in [0.05, 0.1) is 13.2 Å². The van der Waals surface area contributed by atoms with Crippen LogP contribution in [0.4, 0.5) is 0 Å². The Bertz CT molecular complexity index is 127. The Morgan fingerprint density at radius 2 is 1.27 bits per heavy atom. The van der Waals surface area contributed by atoms with Crippen LogP contribution in [0.2, 0.25) is 0 Å². The molecular formula is C10H24NO4+. The van der Waals surface area contributed by atoms with E-state index < -0.39 is 0 Å². The van der Waals surface area contributed by atoms with E-state index >= 15 is 0 Å². The minimum atomic E-state index is -0.103. The van der Waals surface area contributed by atoms with Crippen molar-refractivity contribution in [3.63, 3.8) is 0 Å². The predicted octanol–water partition coefficient (Wildman–Crippen LogP) is 0.471. The van der Waals surface area contributed by atoms with Crippen molar-refractivity contribution in [2.75, 3.05) is 39.5 Å². The lowest BCUT2D eigenvalue weighted by atomic mass is 10.5. The highest BCUT2D eigenvalue weighted by molar-refractivity contribution is 4.28. The zero-order valence-electron chi connectivity index (χ0n) is 9.81. The number of rotatable bonds is 10. The summed E-state index contributed by atoms with van der Waals surface area (Å²) in [5.41, 5.74) is 0. The third kappa shape index (κ3) is 6.06. The maximum atomic E-state index is 8.97. The highest BCUT2D eigenvalue weighted by atomic mass is 17.0. The number of aliphatic hydroxyl groups is 2. The summed E-state index contributed by atoms with van der Waals surface area (Å²) in [7, 11) is 0. The van der Waals surface area contributed by atoms with Gasteiger partial charge in [-0.2, -0.15) is 9.68 Å². The molecule has 92 valence electrons. The largest absolute Gasteiger partial charge is 0.390 e. The second-order valence-corrected chi connectivity index (χ2v) is 3.38. The van der Waals surface area contributed by atoms with E-state index in [0.29, 0.717) is 26.3 Å². The molecule has 5 nitrogen and oxygen atoms in total. The van der Waals surface area contributed by atoms with E-state index in [2.05, 4.69) is 0 Å². The third-order valence-electron chi connectivity index (χ3n) is 1.94. The summed E-state index contributed by atoms with van der Waals surface area (Å²) in [5, 5.41) is 17.9. The van der Waals surface area contributed by atoms with Crippen molar-refractivity contribution in [1.29, 1.82) is 0 Å². The lowest BCUT2D eigenvalue weighted by Gasteiger charge is -2.31. The molecule has 0 heterocycles. The van der Waals surface area contributed by atoms with Gasteiger partial charge in [-0.25, -0.2) is 0 Å². The first-order chi connectivity index (χ1) is 7.24. The van der Waals surface area contributed by atoms with Crippen molar-refractivity contribution in [2.24, 2.45) is 0 Å². The average Bonchev–Trinajstić information content (AvgIpc) is 2.24. The first-order valence-corrected chi connectivity index (χ1v) is 5.62. The van der Waals surface area contributed by atoms with Crippen molar-refractivity contribution in [3.8, 4) is 0 Å². The van der Waals surface area contributed by atoms with Crippen LogP contribution in [0, 0.1) is 0 Å². The molecule has 0 rings (SSSR count). The van der Waals surface area contributed by atoms with Gasteiger partial charge in [-0.1, -0.05) is 13.8 Å². The van der Waals surface area contributed by atoms with Crippen LogP contribution in [0.1, 0.15) is 26.7 Å². The molecule has 5 heteroatoms. The van der Waals surface area contributed by atoms with Crippen LogP contribution >= 0.6 is 0 Å². The van der Waals surface area contributed by atoms with Gasteiger partial charge in [0.1, 0.15) is 13.2 Å². The van der Waals surface area contributed by atoms with E-state index in [1.54, 1.807) is 0 Å². The van der Waals surface area contributed by atoms with Crippen molar-refractivity contribution in [3.05, 3.63) is 0 Å². The van der Waals surface area contributed by atoms with Gasteiger partial charge in [0.2, 0.25) is 0 Å². The van der Waals surface area contributed by atoms with Gasteiger partial charge in [0.15, 0.2) is 13.1 Å². The first-order valence-electron chi connectivity index (χ1n) is 5.62. The fourth-order valence-electron chi connectivity index (χ4n) is 1.23. The second kappa shape index (κ2) is 9.06. The van der Waals surface area contributed by atoms with E-state index in [-0.39, 0.29) is 18.0 Å². The van der Waals surface area contributed by atoms with Crippen LogP contribution in [-0.2, 0) is 9.68 Å². The molecule has 0 bridgehead atoms. The summed E-state index contributed by atoms with van der Waals surface area (Å²) in [4.78, 5) is 11.0. The number of aliphatic hydroxyl groups excluding tert-OH is 2. The minimum Gasteiger partial charge on any atom is -0.390 e. The average molecular weight is 222 g/mol. The molecule has 0 spiro atoms. The fourth-order valence-corrected chi connectivity index (χ4v) is 1.23. The molecule has 2 N–H and O–H groups in total. The maximum absolute atomic E-state index is 8.97. The van der Waals surface area contributed by atoms with Crippen molar-refractivity contribution in [2.45, 2.75) is 26.7 Å². The van der Waals surface area contributed by atoms with E-state index in [9.17, 15) is 0 Å². The Balaban J connectivity index is 4.26. The summed E-state index contributed by atoms with van der Waals surface area (Å²) < 4.78 is 0. The zero-order valence-corrected chi connectivity index (χ0v) is 9.81. The van der Waals surface area contributed by atoms with E-state index in [4.69, 9.17) is 19.9 Å². The number of hydrogen-bond donors (Lipinski definition) is 2. The van der Waals surface area contributed by atoms with E-state index in [1.807, 2.05) is 13.8 Å². The van der Waals surface area contributed by atoms with Gasteiger partial charge in [0, 0.05) is 0 Å². The molecule has 0 aliphatic carbocycles. The smallest absolute Gasteiger partial charge is 0.165 e. The first kappa shape index (κ1) is 14.8. The lowest BCUT2D eigenvalue weighted by molar-refractivity contribution is -1.25. The topological polar surface area (TPSA) is 58.9 Å². The number of quaternary nitrogens is 1. The zero-order chi connectivity index (χ0) is 11.6. The van der Waals surface area contributed by atoms with Gasteiger partial charge in [0.25, 0.3) is 0 Å². The third-order valence-corrected chi connectivity index (χ3v) is 1.94. The fraction of sp³-hybridized carbons (Fsp3) is 1.00. The highest BCUT2D eigenvalue weighted by Gasteiger charge is 2.30. The Morgan fingerprint density at radius 1 is 0.867 bits per heavy atom. The van der Waals surface area contributed by atoms with Gasteiger partial charge in [-0.15, -0.1) is 0 Å². The van der Waals surface area contributed by atoms with Crippen molar-refractivity contribution in [1.82, 2.24) is 0 Å². The second-order valence-electron chi connectivity index (χ2n) is 3.38. The monoisotopic (exact) mass is 222 g/mol. The minimum absolute atomic E-state index is 0.0204. The van der Waals surface area contributed by atoms with Crippen molar-refractivity contribution < 1.29 is 24.7 Å². The molecule has 0 fully saturated rings. The molecule has 0 radical (unpaired) electrons. The summed E-state index contributed by atoms with van der Waals surface area (Å²) in [6, 6.07) is 0. The molecule has 0 saturated carbocycles. The molecule has 0 aliphatic rings. The quantitative estimate of drug-likeness (QED) is 0.417. The number of hydrogen-bond acceptors (Lipinski definition) is 4. The summed E-state index contributed by atoms with van der Waals surface area (Å²) in [6.45, 7) is 5.79. The number of hydroxylamine groups is 4. The summed E-state index contributed by atoms with van der Waals surface area (Å²) in [5.74, 6) is 0. The molecular weight excluding hydrogens is 198 g/mol. The van der Waals surface area contributed by atoms with Crippen LogP contribution in [0.3, 0.4) is 0 Å². The molecule has 15 heavy (non-hydrogen) atoms. The van der Waals surface area contributed by atoms with E-state index in [0.717, 1.165) is 12.8 Å². The van der Waals surface area contributed by atoms with Crippen LogP contribution in [0.15, 0.2) is 0 Å². The SMILES string of the molecule is CCCO[N+](CCO)(CCO)OCCC. The maximum Gasteiger partial charge on any atom is 0.165 e.